The summed E-state index contributed by atoms with van der Waals surface area (Å²) in [4.78, 5) is 0. The quantitative estimate of drug-likeness (QED) is 0.270. The molecule has 0 aliphatic rings. The van der Waals surface area contributed by atoms with E-state index in [0.29, 0.717) is 0 Å². The molecule has 0 saturated carbocycles. The summed E-state index contributed by atoms with van der Waals surface area (Å²) in [6.45, 7) is 6.52. The van der Waals surface area contributed by atoms with Crippen LogP contribution in [-0.4, -0.2) is 0 Å². The zero-order chi connectivity index (χ0) is 14.9. The predicted octanol–water partition coefficient (Wildman–Crippen LogP) is 7.63. The van der Waals surface area contributed by atoms with Crippen LogP contribution in [0.2, 0.25) is 0 Å². The zero-order valence-electron chi connectivity index (χ0n) is 14.6. The van der Waals surface area contributed by atoms with E-state index in [4.69, 9.17) is 0 Å². The van der Waals surface area contributed by atoms with Crippen molar-refractivity contribution < 1.29 is 0 Å². The fourth-order valence-corrected chi connectivity index (χ4v) is 2.71. The molecule has 0 unspecified atom stereocenters. The van der Waals surface area contributed by atoms with Crippen molar-refractivity contribution in [3.8, 4) is 0 Å². The summed E-state index contributed by atoms with van der Waals surface area (Å²) in [5.41, 5.74) is 1.43. The summed E-state index contributed by atoms with van der Waals surface area (Å²) in [5, 5.41) is 0. The van der Waals surface area contributed by atoms with E-state index in [1.165, 1.54) is 102 Å². The minimum absolute atomic E-state index is 1.26. The highest BCUT2D eigenvalue weighted by atomic mass is 14.0. The maximum absolute atomic E-state index is 3.23. The smallest absolute Gasteiger partial charge is 0.0317 e. The van der Waals surface area contributed by atoms with E-state index in [9.17, 15) is 0 Å². The Balaban J connectivity index is 2.99. The topological polar surface area (TPSA) is 0 Å². The Kier molecular flexibility index (Phi) is 16.6. The highest BCUT2D eigenvalue weighted by Gasteiger charge is 1.94. The Morgan fingerprint density at radius 1 is 0.600 bits per heavy atom. The lowest BCUT2D eigenvalue weighted by atomic mass is 10.0. The van der Waals surface area contributed by atoms with Crippen molar-refractivity contribution in [1.82, 2.24) is 0 Å². The second-order valence-corrected chi connectivity index (χ2v) is 6.38. The maximum Gasteiger partial charge on any atom is -0.0317 e. The summed E-state index contributed by atoms with van der Waals surface area (Å²) in [6.07, 6.45) is 24.7. The third-order valence-electron chi connectivity index (χ3n) is 4.33. The van der Waals surface area contributed by atoms with E-state index in [1.807, 2.05) is 6.92 Å². The van der Waals surface area contributed by atoms with Crippen molar-refractivity contribution in [3.05, 3.63) is 11.6 Å². The Morgan fingerprint density at radius 2 is 0.950 bits per heavy atom. The molecule has 0 saturated heterocycles. The Morgan fingerprint density at radius 3 is 1.30 bits per heavy atom. The first kappa shape index (κ1) is 19.7. The molecule has 0 bridgehead atoms. The fraction of sp³-hybridized carbons (Fsp3) is 0.900. The molecule has 0 aliphatic carbocycles. The molecule has 0 aliphatic heterocycles. The number of hydrogen-bond acceptors (Lipinski definition) is 0. The van der Waals surface area contributed by atoms with Gasteiger partial charge in [0.05, 0.1) is 0 Å². The average molecular weight is 280 g/mol. The van der Waals surface area contributed by atoms with Crippen LogP contribution in [0.15, 0.2) is 5.57 Å². The summed E-state index contributed by atoms with van der Waals surface area (Å²) >= 11 is 0. The monoisotopic (exact) mass is 279 g/mol. The molecule has 0 fully saturated rings. The van der Waals surface area contributed by atoms with Crippen molar-refractivity contribution in [2.45, 2.75) is 117 Å². The second kappa shape index (κ2) is 16.8. The van der Waals surface area contributed by atoms with Crippen LogP contribution in [0.1, 0.15) is 117 Å². The van der Waals surface area contributed by atoms with Crippen molar-refractivity contribution in [2.75, 3.05) is 0 Å². The SMILES string of the molecule is C/[C]=C(\C)CCCCCCCCCCCCCCCC. The lowest BCUT2D eigenvalue weighted by molar-refractivity contribution is 0.535. The number of hydrogen-bond donors (Lipinski definition) is 0. The first-order valence-corrected chi connectivity index (χ1v) is 9.31. The van der Waals surface area contributed by atoms with Gasteiger partial charge in [0.25, 0.3) is 0 Å². The Hall–Kier alpha value is -0.260. The molecule has 0 N–H and O–H groups in total. The molecular weight excluding hydrogens is 240 g/mol. The first-order valence-electron chi connectivity index (χ1n) is 9.31. The van der Waals surface area contributed by atoms with Gasteiger partial charge in [0.2, 0.25) is 0 Å². The lowest BCUT2D eigenvalue weighted by Crippen LogP contribution is -1.84. The van der Waals surface area contributed by atoms with Crippen molar-refractivity contribution in [1.29, 1.82) is 0 Å². The molecule has 0 atom stereocenters. The lowest BCUT2D eigenvalue weighted by Gasteiger charge is -2.03. The third-order valence-corrected chi connectivity index (χ3v) is 4.33. The van der Waals surface area contributed by atoms with E-state index >= 15 is 0 Å². The van der Waals surface area contributed by atoms with Gasteiger partial charge in [0.1, 0.15) is 0 Å². The van der Waals surface area contributed by atoms with E-state index < -0.39 is 0 Å². The largest absolute Gasteiger partial charge is 0.0701 e. The molecule has 0 aromatic heterocycles. The number of rotatable bonds is 15. The van der Waals surface area contributed by atoms with Gasteiger partial charge in [-0.25, -0.2) is 0 Å². The normalized spacial score (nSPS) is 12.1. The van der Waals surface area contributed by atoms with Gasteiger partial charge >= 0.3 is 0 Å². The van der Waals surface area contributed by atoms with Crippen LogP contribution in [0, 0.1) is 6.08 Å². The van der Waals surface area contributed by atoms with Crippen LogP contribution < -0.4 is 0 Å². The Labute approximate surface area is 129 Å². The van der Waals surface area contributed by atoms with Crippen molar-refractivity contribution in [2.24, 2.45) is 0 Å². The van der Waals surface area contributed by atoms with E-state index in [-0.39, 0.29) is 0 Å². The van der Waals surface area contributed by atoms with Crippen LogP contribution >= 0.6 is 0 Å². The predicted molar refractivity (Wildman–Crippen MR) is 93.0 cm³/mol. The van der Waals surface area contributed by atoms with E-state index in [1.54, 1.807) is 0 Å². The summed E-state index contributed by atoms with van der Waals surface area (Å²) in [7, 11) is 0. The molecule has 0 spiro atoms. The molecule has 0 heteroatoms. The minimum atomic E-state index is 1.26. The van der Waals surface area contributed by atoms with E-state index in [0.717, 1.165) is 0 Å². The molecular formula is C20H39. The van der Waals surface area contributed by atoms with Gasteiger partial charge in [-0.2, -0.15) is 0 Å². The third kappa shape index (κ3) is 15.8. The zero-order valence-corrected chi connectivity index (χ0v) is 14.6. The van der Waals surface area contributed by atoms with Gasteiger partial charge < -0.3 is 0 Å². The van der Waals surface area contributed by atoms with Gasteiger partial charge in [0, 0.05) is 0 Å². The van der Waals surface area contributed by atoms with Crippen LogP contribution in [-0.2, 0) is 0 Å². The molecule has 0 nitrogen and oxygen atoms in total. The Bertz CT molecular complexity index is 202. The maximum atomic E-state index is 3.23. The van der Waals surface area contributed by atoms with E-state index in [2.05, 4.69) is 19.9 Å². The first-order chi connectivity index (χ1) is 9.81. The number of unbranched alkanes of at least 4 members (excludes halogenated alkanes) is 13. The number of allylic oxidation sites excluding steroid dienone is 2. The van der Waals surface area contributed by atoms with Gasteiger partial charge in [-0.1, -0.05) is 96.0 Å². The van der Waals surface area contributed by atoms with Crippen LogP contribution in [0.4, 0.5) is 0 Å². The van der Waals surface area contributed by atoms with Crippen LogP contribution in [0.5, 0.6) is 0 Å². The minimum Gasteiger partial charge on any atom is -0.0701 e. The van der Waals surface area contributed by atoms with Crippen LogP contribution in [0.3, 0.4) is 0 Å². The average Bonchev–Trinajstić information content (AvgIpc) is 2.47. The molecule has 0 aromatic rings. The molecule has 20 heavy (non-hydrogen) atoms. The van der Waals surface area contributed by atoms with Gasteiger partial charge in [-0.05, 0) is 32.8 Å². The molecule has 119 valence electrons. The molecule has 1 radical (unpaired) electrons. The van der Waals surface area contributed by atoms with Crippen LogP contribution in [0.25, 0.3) is 0 Å². The summed E-state index contributed by atoms with van der Waals surface area (Å²) in [6, 6.07) is 0. The molecule has 0 rings (SSSR count). The van der Waals surface area contributed by atoms with Crippen molar-refractivity contribution >= 4 is 0 Å². The standard InChI is InChI=1S/C20H39/c1-4-6-7-8-9-10-11-12-13-14-15-16-17-18-19-20(3)5-2/h4,6-19H2,1-3H3. The highest BCUT2D eigenvalue weighted by Crippen LogP contribution is 2.14. The molecule has 0 heterocycles. The highest BCUT2D eigenvalue weighted by molar-refractivity contribution is 4.89. The summed E-state index contributed by atoms with van der Waals surface area (Å²) in [5.74, 6) is 0. The van der Waals surface area contributed by atoms with Gasteiger partial charge in [-0.15, -0.1) is 0 Å². The van der Waals surface area contributed by atoms with Gasteiger partial charge in [-0.3, -0.25) is 0 Å². The summed E-state index contributed by atoms with van der Waals surface area (Å²) < 4.78 is 0. The second-order valence-electron chi connectivity index (χ2n) is 6.38. The van der Waals surface area contributed by atoms with Crippen molar-refractivity contribution in [3.63, 3.8) is 0 Å². The molecule has 0 amide bonds. The van der Waals surface area contributed by atoms with Gasteiger partial charge in [0.15, 0.2) is 0 Å². The molecule has 0 aromatic carbocycles. The fourth-order valence-electron chi connectivity index (χ4n) is 2.71.